The van der Waals surface area contributed by atoms with Crippen molar-refractivity contribution in [3.05, 3.63) is 88.0 Å². The Bertz CT molecular complexity index is 1400. The van der Waals surface area contributed by atoms with Crippen LogP contribution in [0.3, 0.4) is 0 Å². The highest BCUT2D eigenvalue weighted by atomic mass is 35.5. The minimum absolute atomic E-state index is 0. The zero-order chi connectivity index (χ0) is 21.8. The van der Waals surface area contributed by atoms with E-state index in [-0.39, 0.29) is 37.0 Å². The molecule has 9 heteroatoms. The molecule has 1 aromatic carbocycles. The molecule has 1 fully saturated rings. The van der Waals surface area contributed by atoms with Crippen LogP contribution < -0.4 is 15.6 Å². The Kier molecular flexibility index (Phi) is 6.71. The predicted octanol–water partition coefficient (Wildman–Crippen LogP) is 4.64. The van der Waals surface area contributed by atoms with Gasteiger partial charge in [-0.05, 0) is 48.7 Å². The number of aryl methyl sites for hydroxylation is 1. The van der Waals surface area contributed by atoms with Gasteiger partial charge in [0.2, 0.25) is 0 Å². The first-order chi connectivity index (χ1) is 15.6. The van der Waals surface area contributed by atoms with Gasteiger partial charge in [-0.1, -0.05) is 6.07 Å². The third-order valence-corrected chi connectivity index (χ3v) is 6.72. The van der Waals surface area contributed by atoms with Gasteiger partial charge in [-0.15, -0.1) is 24.8 Å². The summed E-state index contributed by atoms with van der Waals surface area (Å²) < 4.78 is 22.6. The summed E-state index contributed by atoms with van der Waals surface area (Å²) in [6, 6.07) is 13.4. The Morgan fingerprint density at radius 3 is 2.76 bits per heavy atom. The number of halogens is 3. The number of aromatic nitrogens is 3. The third-order valence-electron chi connectivity index (χ3n) is 6.72. The molecular weight excluding hydrogens is 478 g/mol. The molecule has 6 nitrogen and oxygen atoms in total. The second-order valence-electron chi connectivity index (χ2n) is 8.65. The summed E-state index contributed by atoms with van der Waals surface area (Å²) in [6.45, 7) is 0.167. The van der Waals surface area contributed by atoms with Gasteiger partial charge in [-0.25, -0.2) is 4.39 Å². The van der Waals surface area contributed by atoms with E-state index in [1.165, 1.54) is 41.6 Å². The number of rotatable bonds is 4. The second kappa shape index (κ2) is 9.41. The van der Waals surface area contributed by atoms with Crippen molar-refractivity contribution in [2.24, 2.45) is 7.05 Å². The second-order valence-corrected chi connectivity index (χ2v) is 8.65. The smallest absolute Gasteiger partial charge is 0.258 e. The fourth-order valence-corrected chi connectivity index (χ4v) is 5.15. The number of fused-ring (bicyclic) bond motifs is 6. The maximum absolute atomic E-state index is 13.0. The van der Waals surface area contributed by atoms with Crippen molar-refractivity contribution in [1.29, 1.82) is 0 Å². The number of hydrogen-bond donors (Lipinski definition) is 1. The maximum atomic E-state index is 13.0. The molecule has 2 bridgehead atoms. The number of ether oxygens (including phenoxy) is 1. The lowest BCUT2D eigenvalue weighted by atomic mass is 9.99. The molecule has 178 valence electrons. The van der Waals surface area contributed by atoms with Gasteiger partial charge in [-0.3, -0.25) is 14.3 Å². The molecule has 2 aliphatic heterocycles. The highest BCUT2D eigenvalue weighted by Gasteiger charge is 2.35. The van der Waals surface area contributed by atoms with E-state index in [1.54, 1.807) is 22.9 Å². The predicted molar refractivity (Wildman–Crippen MR) is 134 cm³/mol. The molecule has 0 spiro atoms. The highest BCUT2D eigenvalue weighted by molar-refractivity contribution is 5.88. The van der Waals surface area contributed by atoms with Crippen LogP contribution in [0.15, 0.2) is 59.7 Å². The lowest BCUT2D eigenvalue weighted by Gasteiger charge is -2.23. The summed E-state index contributed by atoms with van der Waals surface area (Å²) in [5, 5.41) is 5.00. The van der Waals surface area contributed by atoms with Gasteiger partial charge >= 0.3 is 0 Å². The molecule has 4 aromatic rings. The standard InChI is InChI=1S/C25H23FN4O2.2ClH/c1-29-22-11-18(5-6-20(22)25-21-7-4-16(28-21)10-23(25)29)30-9-8-19(12-24(30)31)32-14-17-3-2-15(26)13-27-17;;/h2-3,5-6,8-9,11-13,16,21,28H,4,7,10,14H2,1H3;2*1H. The first kappa shape index (κ1) is 24.3. The van der Waals surface area contributed by atoms with E-state index in [1.807, 2.05) is 6.07 Å². The molecule has 0 saturated carbocycles. The molecule has 2 unspecified atom stereocenters. The Balaban J connectivity index is 0.00000137. The molecule has 2 atom stereocenters. The van der Waals surface area contributed by atoms with Crippen molar-refractivity contribution in [3.8, 4) is 11.4 Å². The lowest BCUT2D eigenvalue weighted by molar-refractivity contribution is 0.300. The fraction of sp³-hybridized carbons (Fsp3) is 0.280. The van der Waals surface area contributed by atoms with Crippen molar-refractivity contribution in [2.45, 2.75) is 38.0 Å². The van der Waals surface area contributed by atoms with E-state index in [2.05, 4.69) is 34.0 Å². The number of hydrogen-bond acceptors (Lipinski definition) is 4. The average molecular weight is 503 g/mol. The van der Waals surface area contributed by atoms with Crippen LogP contribution in [0.4, 0.5) is 4.39 Å². The molecule has 34 heavy (non-hydrogen) atoms. The Morgan fingerprint density at radius 1 is 1.15 bits per heavy atom. The summed E-state index contributed by atoms with van der Waals surface area (Å²) in [7, 11) is 2.12. The van der Waals surface area contributed by atoms with Crippen LogP contribution >= 0.6 is 24.8 Å². The van der Waals surface area contributed by atoms with Gasteiger partial charge in [0.1, 0.15) is 18.2 Å². The number of nitrogens with one attached hydrogen (secondary N) is 1. The maximum Gasteiger partial charge on any atom is 0.258 e. The number of nitrogens with zero attached hydrogens (tertiary/aromatic N) is 3. The Morgan fingerprint density at radius 2 is 2.00 bits per heavy atom. The summed E-state index contributed by atoms with van der Waals surface area (Å²) in [4.78, 5) is 16.8. The summed E-state index contributed by atoms with van der Waals surface area (Å²) in [5.74, 6) is 0.0611. The van der Waals surface area contributed by atoms with Gasteiger partial charge in [0.15, 0.2) is 0 Å². The van der Waals surface area contributed by atoms with Crippen molar-refractivity contribution < 1.29 is 9.13 Å². The van der Waals surface area contributed by atoms with Crippen LogP contribution in [0.5, 0.6) is 5.75 Å². The van der Waals surface area contributed by atoms with Gasteiger partial charge in [0.05, 0.1) is 23.1 Å². The van der Waals surface area contributed by atoms with Crippen LogP contribution in [0, 0.1) is 5.82 Å². The topological polar surface area (TPSA) is 61.1 Å². The normalized spacial score (nSPS) is 18.2. The average Bonchev–Trinajstić information content (AvgIpc) is 3.31. The first-order valence-corrected chi connectivity index (χ1v) is 10.9. The molecule has 1 saturated heterocycles. The molecule has 2 aliphatic rings. The summed E-state index contributed by atoms with van der Waals surface area (Å²) in [6.07, 6.45) is 6.35. The molecular formula is C25H25Cl2FN4O2. The van der Waals surface area contributed by atoms with Gasteiger partial charge in [-0.2, -0.15) is 0 Å². The van der Waals surface area contributed by atoms with Crippen LogP contribution in [0.1, 0.15) is 35.8 Å². The molecule has 0 radical (unpaired) electrons. The Hall–Kier alpha value is -2.87. The zero-order valence-electron chi connectivity index (χ0n) is 18.5. The minimum Gasteiger partial charge on any atom is -0.487 e. The van der Waals surface area contributed by atoms with Crippen molar-refractivity contribution in [1.82, 2.24) is 19.4 Å². The first-order valence-electron chi connectivity index (χ1n) is 10.9. The number of pyridine rings is 2. The van der Waals surface area contributed by atoms with E-state index < -0.39 is 5.82 Å². The minimum atomic E-state index is -0.392. The van der Waals surface area contributed by atoms with Crippen LogP contribution in [-0.4, -0.2) is 20.2 Å². The van der Waals surface area contributed by atoms with Gasteiger partial charge in [0.25, 0.3) is 5.56 Å². The van der Waals surface area contributed by atoms with Crippen LogP contribution in [0.2, 0.25) is 0 Å². The van der Waals surface area contributed by atoms with Crippen LogP contribution in [-0.2, 0) is 20.1 Å². The van der Waals surface area contributed by atoms with E-state index in [0.717, 1.165) is 23.8 Å². The largest absolute Gasteiger partial charge is 0.487 e. The van der Waals surface area contributed by atoms with Crippen molar-refractivity contribution >= 4 is 35.7 Å². The molecule has 6 rings (SSSR count). The van der Waals surface area contributed by atoms with E-state index in [0.29, 0.717) is 23.5 Å². The highest BCUT2D eigenvalue weighted by Crippen LogP contribution is 2.41. The van der Waals surface area contributed by atoms with Crippen LogP contribution in [0.25, 0.3) is 16.6 Å². The van der Waals surface area contributed by atoms with E-state index in [4.69, 9.17) is 4.74 Å². The third kappa shape index (κ3) is 4.08. The molecule has 0 amide bonds. The summed E-state index contributed by atoms with van der Waals surface area (Å²) in [5.41, 5.74) is 5.23. The van der Waals surface area contributed by atoms with E-state index in [9.17, 15) is 9.18 Å². The monoisotopic (exact) mass is 502 g/mol. The van der Waals surface area contributed by atoms with Gasteiger partial charge in [0, 0.05) is 48.9 Å². The molecule has 5 heterocycles. The van der Waals surface area contributed by atoms with E-state index >= 15 is 0 Å². The van der Waals surface area contributed by atoms with Gasteiger partial charge < -0.3 is 14.6 Å². The molecule has 1 N–H and O–H groups in total. The molecule has 0 aliphatic carbocycles. The summed E-state index contributed by atoms with van der Waals surface area (Å²) >= 11 is 0. The number of benzene rings is 1. The lowest BCUT2D eigenvalue weighted by Crippen LogP contribution is -2.32. The fourth-order valence-electron chi connectivity index (χ4n) is 5.15. The zero-order valence-corrected chi connectivity index (χ0v) is 20.2. The SMILES string of the molecule is Cl.Cl.Cn1c2c(c3ccc(-n4ccc(OCc5ccc(F)cn5)cc4=O)cc31)C1CCC(C2)N1. The van der Waals surface area contributed by atoms with Crippen molar-refractivity contribution in [3.63, 3.8) is 0 Å². The quantitative estimate of drug-likeness (QED) is 0.441. The van der Waals surface area contributed by atoms with Crippen molar-refractivity contribution in [2.75, 3.05) is 0 Å². The Labute approximate surface area is 208 Å². The molecule has 3 aromatic heterocycles.